The Kier molecular flexibility index (Phi) is 3.72. The molecule has 24 heavy (non-hydrogen) atoms. The zero-order valence-corrected chi connectivity index (χ0v) is 14.6. The fourth-order valence-corrected chi connectivity index (χ4v) is 3.77. The van der Waals surface area contributed by atoms with Crippen LogP contribution in [-0.2, 0) is 0 Å². The Morgan fingerprint density at radius 3 is 2.50 bits per heavy atom. The molecule has 0 fully saturated rings. The van der Waals surface area contributed by atoms with Crippen LogP contribution in [0.3, 0.4) is 0 Å². The third-order valence-electron chi connectivity index (χ3n) is 3.78. The molecule has 2 aromatic carbocycles. The minimum Gasteiger partial charge on any atom is -0.494 e. The summed E-state index contributed by atoms with van der Waals surface area (Å²) in [4.78, 5) is 0. The number of tetrazole rings is 1. The molecule has 0 radical (unpaired) electrons. The van der Waals surface area contributed by atoms with Crippen molar-refractivity contribution in [2.24, 2.45) is 0 Å². The Labute approximate surface area is 151 Å². The highest BCUT2D eigenvalue weighted by molar-refractivity contribution is 6.44. The topological polar surface area (TPSA) is 52.3 Å². The molecule has 0 atom stereocenters. The van der Waals surface area contributed by atoms with Crippen LogP contribution in [0.5, 0.6) is 5.75 Å². The van der Waals surface area contributed by atoms with Gasteiger partial charge in [-0.05, 0) is 22.1 Å². The summed E-state index contributed by atoms with van der Waals surface area (Å²) in [6.45, 7) is 0. The Morgan fingerprint density at radius 1 is 1.04 bits per heavy atom. The van der Waals surface area contributed by atoms with Crippen LogP contribution in [0.15, 0.2) is 36.4 Å². The molecule has 0 amide bonds. The molecule has 4 aromatic rings. The average molecular weight is 380 g/mol. The maximum atomic E-state index is 6.68. The zero-order chi connectivity index (χ0) is 16.8. The number of hydrogen-bond acceptors (Lipinski definition) is 4. The van der Waals surface area contributed by atoms with Crippen molar-refractivity contribution in [2.75, 3.05) is 7.11 Å². The number of methoxy groups -OCH3 is 1. The van der Waals surface area contributed by atoms with Gasteiger partial charge >= 0.3 is 0 Å². The number of ether oxygens (including phenoxy) is 1. The molecule has 0 spiro atoms. The van der Waals surface area contributed by atoms with Gasteiger partial charge in [0, 0.05) is 10.9 Å². The Bertz CT molecular complexity index is 1080. The van der Waals surface area contributed by atoms with Gasteiger partial charge in [-0.2, -0.15) is 4.52 Å². The van der Waals surface area contributed by atoms with Gasteiger partial charge in [0.1, 0.15) is 10.5 Å². The smallest absolute Gasteiger partial charge is 0.189 e. The number of benzene rings is 2. The molecule has 0 saturated carbocycles. The van der Waals surface area contributed by atoms with Crippen LogP contribution in [0.4, 0.5) is 0 Å². The molecular weight excluding hydrogens is 371 g/mol. The van der Waals surface area contributed by atoms with Crippen LogP contribution in [0.1, 0.15) is 0 Å². The fourth-order valence-electron chi connectivity index (χ4n) is 2.74. The predicted molar refractivity (Wildman–Crippen MR) is 95.3 cm³/mol. The monoisotopic (exact) mass is 378 g/mol. The van der Waals surface area contributed by atoms with Gasteiger partial charge in [0.2, 0.25) is 0 Å². The average Bonchev–Trinajstić information content (AvgIpc) is 3.05. The summed E-state index contributed by atoms with van der Waals surface area (Å²) in [5, 5.41) is 13.7. The van der Waals surface area contributed by atoms with Gasteiger partial charge in [-0.25, -0.2) is 0 Å². The van der Waals surface area contributed by atoms with Crippen molar-refractivity contribution >= 4 is 51.4 Å². The van der Waals surface area contributed by atoms with Crippen LogP contribution < -0.4 is 4.74 Å². The number of nitrogens with zero attached hydrogens (tertiary/aromatic N) is 4. The van der Waals surface area contributed by atoms with E-state index in [2.05, 4.69) is 15.5 Å². The van der Waals surface area contributed by atoms with Gasteiger partial charge in [0.05, 0.1) is 17.2 Å². The summed E-state index contributed by atoms with van der Waals surface area (Å²) < 4.78 is 6.82. The number of hydrogen-bond donors (Lipinski definition) is 0. The maximum Gasteiger partial charge on any atom is 0.189 e. The third-order valence-corrected chi connectivity index (χ3v) is 4.80. The lowest BCUT2D eigenvalue weighted by molar-refractivity contribution is 0.415. The number of aromatic nitrogens is 4. The molecule has 0 bridgehead atoms. The second-order valence-corrected chi connectivity index (χ2v) is 6.23. The predicted octanol–water partition coefficient (Wildman–Crippen LogP) is 4.91. The van der Waals surface area contributed by atoms with E-state index in [1.54, 1.807) is 10.6 Å². The van der Waals surface area contributed by atoms with E-state index in [-0.39, 0.29) is 0 Å². The molecular formula is C16H9Cl3N4O. The minimum absolute atomic E-state index is 0.304. The zero-order valence-electron chi connectivity index (χ0n) is 12.3. The van der Waals surface area contributed by atoms with E-state index in [9.17, 15) is 0 Å². The number of halogens is 3. The van der Waals surface area contributed by atoms with Crippen LogP contribution in [-0.4, -0.2) is 27.2 Å². The summed E-state index contributed by atoms with van der Waals surface area (Å²) in [5.74, 6) is 0.353. The first-order chi connectivity index (χ1) is 11.6. The highest BCUT2D eigenvalue weighted by Crippen LogP contribution is 2.44. The summed E-state index contributed by atoms with van der Waals surface area (Å²) in [7, 11) is 1.50. The normalized spacial score (nSPS) is 11.3. The van der Waals surface area contributed by atoms with E-state index in [1.807, 2.05) is 30.3 Å². The lowest BCUT2D eigenvalue weighted by atomic mass is 10.0. The van der Waals surface area contributed by atoms with Crippen molar-refractivity contribution in [1.82, 2.24) is 20.0 Å². The molecule has 0 aliphatic heterocycles. The summed E-state index contributed by atoms with van der Waals surface area (Å²) in [6, 6.07) is 11.4. The third kappa shape index (κ3) is 2.13. The number of fused-ring (bicyclic) bond motifs is 3. The Hall–Kier alpha value is -2.08. The van der Waals surface area contributed by atoms with Gasteiger partial charge in [-0.3, -0.25) is 0 Å². The first-order valence-corrected chi connectivity index (χ1v) is 8.07. The SMILES string of the molecule is COc1c(Cl)cc2c(Cl)c(-c3ccccc3)c3nnnn3c2c1Cl. The quantitative estimate of drug-likeness (QED) is 0.496. The standard InChI is InChI=1S/C16H9Cl3N4O/c1-24-15-10(17)7-9-12(18)11(8-5-3-2-4-6-8)16-20-21-22-23(16)14(9)13(15)19/h2-7H,1H3. The summed E-state index contributed by atoms with van der Waals surface area (Å²) in [5.41, 5.74) is 2.66. The van der Waals surface area contributed by atoms with Gasteiger partial charge in [-0.15, -0.1) is 5.10 Å². The van der Waals surface area contributed by atoms with Gasteiger partial charge in [-0.1, -0.05) is 65.1 Å². The molecule has 2 heterocycles. The van der Waals surface area contributed by atoms with Crippen molar-refractivity contribution < 1.29 is 4.74 Å². The van der Waals surface area contributed by atoms with E-state index in [4.69, 9.17) is 39.5 Å². The van der Waals surface area contributed by atoms with Crippen LogP contribution in [0.25, 0.3) is 27.7 Å². The molecule has 0 saturated heterocycles. The lowest BCUT2D eigenvalue weighted by Gasteiger charge is -2.14. The maximum absolute atomic E-state index is 6.68. The lowest BCUT2D eigenvalue weighted by Crippen LogP contribution is -1.98. The first-order valence-electron chi connectivity index (χ1n) is 6.94. The van der Waals surface area contributed by atoms with E-state index in [1.165, 1.54) is 7.11 Å². The second-order valence-electron chi connectivity index (χ2n) is 5.07. The van der Waals surface area contributed by atoms with Gasteiger partial charge < -0.3 is 4.74 Å². The first kappa shape index (κ1) is 15.4. The molecule has 2 aromatic heterocycles. The van der Waals surface area contributed by atoms with E-state index in [0.29, 0.717) is 42.9 Å². The minimum atomic E-state index is 0.304. The number of pyridine rings is 1. The van der Waals surface area contributed by atoms with Crippen LogP contribution in [0, 0.1) is 0 Å². The summed E-state index contributed by atoms with van der Waals surface area (Å²) >= 11 is 19.4. The number of rotatable bonds is 2. The highest BCUT2D eigenvalue weighted by atomic mass is 35.5. The van der Waals surface area contributed by atoms with Gasteiger partial charge in [0.15, 0.2) is 11.4 Å². The van der Waals surface area contributed by atoms with Crippen LogP contribution >= 0.6 is 34.8 Å². The fraction of sp³-hybridized carbons (Fsp3) is 0.0625. The second kappa shape index (κ2) is 5.77. The van der Waals surface area contributed by atoms with Crippen molar-refractivity contribution in [3.8, 4) is 16.9 Å². The largest absolute Gasteiger partial charge is 0.494 e. The molecule has 5 nitrogen and oxygen atoms in total. The molecule has 0 aliphatic carbocycles. The van der Waals surface area contributed by atoms with Crippen molar-refractivity contribution in [2.45, 2.75) is 0 Å². The van der Waals surface area contributed by atoms with E-state index in [0.717, 1.165) is 5.56 Å². The van der Waals surface area contributed by atoms with Crippen molar-refractivity contribution in [3.05, 3.63) is 51.5 Å². The Morgan fingerprint density at radius 2 is 1.79 bits per heavy atom. The van der Waals surface area contributed by atoms with E-state index < -0.39 is 0 Å². The van der Waals surface area contributed by atoms with Crippen molar-refractivity contribution in [3.63, 3.8) is 0 Å². The molecule has 0 N–H and O–H groups in total. The Balaban J connectivity index is 2.24. The molecule has 4 rings (SSSR count). The molecule has 8 heteroatoms. The molecule has 120 valence electrons. The van der Waals surface area contributed by atoms with Crippen molar-refractivity contribution in [1.29, 1.82) is 0 Å². The van der Waals surface area contributed by atoms with E-state index >= 15 is 0 Å². The van der Waals surface area contributed by atoms with Crippen LogP contribution in [0.2, 0.25) is 15.1 Å². The molecule has 0 unspecified atom stereocenters. The van der Waals surface area contributed by atoms with Gasteiger partial charge in [0.25, 0.3) is 0 Å². The molecule has 0 aliphatic rings. The highest BCUT2D eigenvalue weighted by Gasteiger charge is 2.22. The summed E-state index contributed by atoms with van der Waals surface area (Å²) in [6.07, 6.45) is 0.